The standard InChI is InChI=1S/C11H10F3N3O4/c12-11(13,14)21-8-2-6(5-18)1-7(3-8)10(20)9(19)4-16-17-15/h1-3,5,9-10,19-20H,4H2. The molecule has 1 rings (SSSR count). The molecule has 0 amide bonds. The van der Waals surface area contributed by atoms with Crippen molar-refractivity contribution in [1.29, 1.82) is 0 Å². The molecular weight excluding hydrogens is 295 g/mol. The number of nitrogens with zero attached hydrogens (tertiary/aromatic N) is 3. The van der Waals surface area contributed by atoms with Crippen LogP contribution in [-0.2, 0) is 0 Å². The molecule has 1 aromatic rings. The van der Waals surface area contributed by atoms with Gasteiger partial charge in [0.15, 0.2) is 0 Å². The molecule has 0 heterocycles. The molecule has 21 heavy (non-hydrogen) atoms. The number of benzene rings is 1. The normalized spacial score (nSPS) is 14.0. The summed E-state index contributed by atoms with van der Waals surface area (Å²) in [5.74, 6) is -0.711. The Balaban J connectivity index is 3.08. The molecule has 10 heteroatoms. The zero-order chi connectivity index (χ0) is 16.0. The predicted molar refractivity (Wildman–Crippen MR) is 63.5 cm³/mol. The van der Waals surface area contributed by atoms with Gasteiger partial charge < -0.3 is 14.9 Å². The number of aldehydes is 1. The van der Waals surface area contributed by atoms with Crippen LogP contribution in [0.1, 0.15) is 22.0 Å². The number of hydrogen-bond donors (Lipinski definition) is 2. The van der Waals surface area contributed by atoms with E-state index in [4.69, 9.17) is 5.53 Å². The maximum absolute atomic E-state index is 12.2. The molecule has 0 aliphatic rings. The van der Waals surface area contributed by atoms with Crippen molar-refractivity contribution in [3.05, 3.63) is 39.8 Å². The second-order valence-corrected chi connectivity index (χ2v) is 3.93. The minimum Gasteiger partial charge on any atom is -0.406 e. The second kappa shape index (κ2) is 6.93. The summed E-state index contributed by atoms with van der Waals surface area (Å²) in [6, 6.07) is 2.74. The third-order valence-electron chi connectivity index (χ3n) is 2.36. The highest BCUT2D eigenvalue weighted by Gasteiger charge is 2.31. The molecule has 7 nitrogen and oxygen atoms in total. The lowest BCUT2D eigenvalue weighted by molar-refractivity contribution is -0.274. The summed E-state index contributed by atoms with van der Waals surface area (Å²) in [7, 11) is 0. The smallest absolute Gasteiger partial charge is 0.406 e. The molecule has 2 N–H and O–H groups in total. The fourth-order valence-corrected chi connectivity index (χ4v) is 1.52. The van der Waals surface area contributed by atoms with Gasteiger partial charge in [-0.1, -0.05) is 5.11 Å². The van der Waals surface area contributed by atoms with Crippen LogP contribution in [0.5, 0.6) is 5.75 Å². The van der Waals surface area contributed by atoms with Gasteiger partial charge in [-0.05, 0) is 29.3 Å². The molecular formula is C11H10F3N3O4. The molecule has 1 aromatic carbocycles. The number of aliphatic hydroxyl groups is 2. The third kappa shape index (κ3) is 5.30. The van der Waals surface area contributed by atoms with E-state index >= 15 is 0 Å². The van der Waals surface area contributed by atoms with Gasteiger partial charge in [-0.3, -0.25) is 4.79 Å². The fourth-order valence-electron chi connectivity index (χ4n) is 1.52. The molecule has 0 bridgehead atoms. The van der Waals surface area contributed by atoms with Gasteiger partial charge in [-0.15, -0.1) is 13.2 Å². The minimum absolute atomic E-state index is 0.179. The maximum atomic E-state index is 12.2. The lowest BCUT2D eigenvalue weighted by Crippen LogP contribution is -2.22. The van der Waals surface area contributed by atoms with E-state index in [1.165, 1.54) is 0 Å². The summed E-state index contributed by atoms with van der Waals surface area (Å²) in [6.45, 7) is -0.488. The lowest BCUT2D eigenvalue weighted by atomic mass is 10.0. The first-order valence-corrected chi connectivity index (χ1v) is 5.49. The van der Waals surface area contributed by atoms with Crippen molar-refractivity contribution in [3.63, 3.8) is 0 Å². The van der Waals surface area contributed by atoms with Crippen LogP contribution in [0.2, 0.25) is 0 Å². The Morgan fingerprint density at radius 3 is 2.57 bits per heavy atom. The molecule has 0 radical (unpaired) electrons. The number of halogens is 3. The van der Waals surface area contributed by atoms with E-state index in [0.29, 0.717) is 0 Å². The number of carbonyl (C=O) groups excluding carboxylic acids is 1. The zero-order valence-corrected chi connectivity index (χ0v) is 10.4. The number of hydrogen-bond acceptors (Lipinski definition) is 5. The predicted octanol–water partition coefficient (Wildman–Crippen LogP) is 2.10. The average molecular weight is 305 g/mol. The van der Waals surface area contributed by atoms with E-state index < -0.39 is 30.9 Å². The average Bonchev–Trinajstić information content (AvgIpc) is 2.41. The molecule has 0 fully saturated rings. The highest BCUT2D eigenvalue weighted by Crippen LogP contribution is 2.28. The summed E-state index contributed by atoms with van der Waals surface area (Å²) in [6.07, 6.45) is -7.89. The van der Waals surface area contributed by atoms with Crippen LogP contribution in [-0.4, -0.2) is 35.5 Å². The minimum atomic E-state index is -4.96. The Morgan fingerprint density at radius 2 is 2.05 bits per heavy atom. The van der Waals surface area contributed by atoms with Crippen LogP contribution in [0.25, 0.3) is 10.4 Å². The second-order valence-electron chi connectivity index (χ2n) is 3.93. The van der Waals surface area contributed by atoms with Crippen molar-refractivity contribution >= 4 is 6.29 Å². The molecule has 2 atom stereocenters. The number of alkyl halides is 3. The monoisotopic (exact) mass is 305 g/mol. The van der Waals surface area contributed by atoms with Gasteiger partial charge in [0, 0.05) is 10.5 Å². The van der Waals surface area contributed by atoms with Crippen molar-refractivity contribution < 1.29 is 32.9 Å². The summed E-state index contributed by atoms with van der Waals surface area (Å²) >= 11 is 0. The molecule has 0 saturated heterocycles. The Hall–Kier alpha value is -2.29. The summed E-state index contributed by atoms with van der Waals surface area (Å²) in [5, 5.41) is 22.3. The van der Waals surface area contributed by atoms with Gasteiger partial charge in [0.25, 0.3) is 0 Å². The van der Waals surface area contributed by atoms with E-state index in [1.807, 2.05) is 0 Å². The molecule has 0 saturated carbocycles. The Morgan fingerprint density at radius 1 is 1.38 bits per heavy atom. The lowest BCUT2D eigenvalue weighted by Gasteiger charge is -2.18. The van der Waals surface area contributed by atoms with Crippen molar-refractivity contribution in [2.45, 2.75) is 18.6 Å². The zero-order valence-electron chi connectivity index (χ0n) is 10.4. The first kappa shape index (κ1) is 16.8. The molecule has 0 aliphatic carbocycles. The molecule has 114 valence electrons. The van der Waals surface area contributed by atoms with E-state index in [-0.39, 0.29) is 17.4 Å². The van der Waals surface area contributed by atoms with E-state index in [1.54, 1.807) is 0 Å². The van der Waals surface area contributed by atoms with Crippen molar-refractivity contribution in [3.8, 4) is 5.75 Å². The van der Waals surface area contributed by atoms with Crippen LogP contribution in [0.15, 0.2) is 23.3 Å². The summed E-state index contributed by atoms with van der Waals surface area (Å²) in [5.41, 5.74) is 7.74. The Kier molecular flexibility index (Phi) is 5.53. The van der Waals surface area contributed by atoms with Gasteiger partial charge in [-0.2, -0.15) is 0 Å². The molecule has 0 aromatic heterocycles. The van der Waals surface area contributed by atoms with Crippen LogP contribution < -0.4 is 4.74 Å². The van der Waals surface area contributed by atoms with Gasteiger partial charge in [0.05, 0.1) is 12.6 Å². The van der Waals surface area contributed by atoms with Gasteiger partial charge in [-0.25, -0.2) is 0 Å². The third-order valence-corrected chi connectivity index (χ3v) is 2.36. The van der Waals surface area contributed by atoms with Gasteiger partial charge >= 0.3 is 6.36 Å². The maximum Gasteiger partial charge on any atom is 0.573 e. The van der Waals surface area contributed by atoms with Gasteiger partial charge in [0.1, 0.15) is 18.1 Å². The van der Waals surface area contributed by atoms with E-state index in [2.05, 4.69) is 14.8 Å². The van der Waals surface area contributed by atoms with Crippen molar-refractivity contribution in [2.24, 2.45) is 5.11 Å². The van der Waals surface area contributed by atoms with Crippen LogP contribution >= 0.6 is 0 Å². The van der Waals surface area contributed by atoms with E-state index in [0.717, 1.165) is 18.2 Å². The fraction of sp³-hybridized carbons (Fsp3) is 0.364. The molecule has 2 unspecified atom stereocenters. The number of azide groups is 1. The SMILES string of the molecule is [N-]=[N+]=NCC(O)C(O)c1cc(C=O)cc(OC(F)(F)F)c1. The van der Waals surface area contributed by atoms with Crippen molar-refractivity contribution in [1.82, 2.24) is 0 Å². The van der Waals surface area contributed by atoms with E-state index in [9.17, 15) is 28.2 Å². The first-order valence-electron chi connectivity index (χ1n) is 5.49. The number of rotatable bonds is 6. The Labute approximate surface area is 116 Å². The first-order chi connectivity index (χ1) is 9.76. The number of ether oxygens (including phenoxy) is 1. The topological polar surface area (TPSA) is 116 Å². The molecule has 0 spiro atoms. The molecule has 0 aliphatic heterocycles. The van der Waals surface area contributed by atoms with Crippen LogP contribution in [0, 0.1) is 0 Å². The highest BCUT2D eigenvalue weighted by atomic mass is 19.4. The number of aliphatic hydroxyl groups excluding tert-OH is 2. The van der Waals surface area contributed by atoms with Crippen LogP contribution in [0.3, 0.4) is 0 Å². The quantitative estimate of drug-likeness (QED) is 0.362. The number of carbonyl (C=O) groups is 1. The summed E-state index contributed by atoms with van der Waals surface area (Å²) in [4.78, 5) is 13.1. The highest BCUT2D eigenvalue weighted by molar-refractivity contribution is 5.76. The van der Waals surface area contributed by atoms with Crippen molar-refractivity contribution in [2.75, 3.05) is 6.54 Å². The van der Waals surface area contributed by atoms with Crippen LogP contribution in [0.4, 0.5) is 13.2 Å². The largest absolute Gasteiger partial charge is 0.573 e. The Bertz CT molecular complexity index is 558. The summed E-state index contributed by atoms with van der Waals surface area (Å²) < 4.78 is 40.1. The van der Waals surface area contributed by atoms with Gasteiger partial charge in [0.2, 0.25) is 0 Å².